The average Bonchev–Trinajstić information content (AvgIpc) is 3.33. The summed E-state index contributed by atoms with van der Waals surface area (Å²) in [5.74, 6) is -0.309. The molecule has 1 aliphatic heterocycles. The van der Waals surface area contributed by atoms with Crippen LogP contribution in [-0.2, 0) is 6.54 Å². The predicted molar refractivity (Wildman–Crippen MR) is 96.2 cm³/mol. The number of nitrogens with zero attached hydrogens (tertiary/aromatic N) is 4. The third-order valence-electron chi connectivity index (χ3n) is 4.21. The molecule has 0 spiro atoms. The van der Waals surface area contributed by atoms with Crippen molar-refractivity contribution in [3.05, 3.63) is 28.5 Å². The summed E-state index contributed by atoms with van der Waals surface area (Å²) in [4.78, 5) is 32.3. The van der Waals surface area contributed by atoms with E-state index in [1.807, 2.05) is 0 Å². The summed E-state index contributed by atoms with van der Waals surface area (Å²) < 4.78 is 36.8. The Morgan fingerprint density at radius 2 is 2.18 bits per heavy atom. The Morgan fingerprint density at radius 1 is 1.39 bits per heavy atom. The van der Waals surface area contributed by atoms with Gasteiger partial charge in [0, 0.05) is 44.4 Å². The number of thiazole rings is 1. The molecule has 3 amide bonds. The van der Waals surface area contributed by atoms with Crippen molar-refractivity contribution in [2.24, 2.45) is 0 Å². The molecule has 0 unspecified atom stereocenters. The van der Waals surface area contributed by atoms with E-state index in [-0.39, 0.29) is 24.9 Å². The number of hydrogen-bond donors (Lipinski definition) is 2. The van der Waals surface area contributed by atoms with Gasteiger partial charge in [-0.2, -0.15) is 18.3 Å². The first kappa shape index (κ1) is 20.1. The van der Waals surface area contributed by atoms with Crippen molar-refractivity contribution in [1.29, 1.82) is 0 Å². The molecule has 0 aromatic carbocycles. The first-order valence-corrected chi connectivity index (χ1v) is 9.43. The molecule has 2 aromatic heterocycles. The third-order valence-corrected chi connectivity index (χ3v) is 5.39. The van der Waals surface area contributed by atoms with E-state index in [1.165, 1.54) is 9.80 Å². The SMILES string of the molecule is Cc1nc(N2CCN(CCCC(F)(F)F)C2=O)sc1C(=O)NCc1cn[nH]c1. The van der Waals surface area contributed by atoms with Gasteiger partial charge in [-0.25, -0.2) is 9.78 Å². The van der Waals surface area contributed by atoms with Crippen LogP contribution in [0.15, 0.2) is 12.4 Å². The van der Waals surface area contributed by atoms with Crippen molar-refractivity contribution in [2.75, 3.05) is 24.5 Å². The van der Waals surface area contributed by atoms with Gasteiger partial charge in [0.05, 0.1) is 11.9 Å². The number of anilines is 1. The van der Waals surface area contributed by atoms with Crippen molar-refractivity contribution in [1.82, 2.24) is 25.4 Å². The lowest BCUT2D eigenvalue weighted by molar-refractivity contribution is -0.135. The van der Waals surface area contributed by atoms with Gasteiger partial charge < -0.3 is 10.2 Å². The van der Waals surface area contributed by atoms with Crippen LogP contribution >= 0.6 is 11.3 Å². The molecule has 28 heavy (non-hydrogen) atoms. The van der Waals surface area contributed by atoms with Crippen LogP contribution in [0.3, 0.4) is 0 Å². The number of rotatable bonds is 7. The molecular formula is C16H19F3N6O2S. The highest BCUT2D eigenvalue weighted by atomic mass is 32.1. The van der Waals surface area contributed by atoms with E-state index in [2.05, 4.69) is 20.5 Å². The summed E-state index contributed by atoms with van der Waals surface area (Å²) in [6.07, 6.45) is -2.02. The Hall–Kier alpha value is -2.63. The van der Waals surface area contributed by atoms with Crippen molar-refractivity contribution >= 4 is 28.4 Å². The zero-order valence-corrected chi connectivity index (χ0v) is 15.9. The molecule has 0 bridgehead atoms. The molecule has 3 heterocycles. The highest BCUT2D eigenvalue weighted by Gasteiger charge is 2.33. The number of amides is 3. The number of nitrogens with one attached hydrogen (secondary N) is 2. The Labute approximate surface area is 162 Å². The summed E-state index contributed by atoms with van der Waals surface area (Å²) in [6, 6.07) is -0.388. The Bertz CT molecular complexity index is 836. The summed E-state index contributed by atoms with van der Waals surface area (Å²) in [6.45, 7) is 2.68. The van der Waals surface area contributed by atoms with Crippen LogP contribution in [0, 0.1) is 6.92 Å². The third kappa shape index (κ3) is 4.80. The van der Waals surface area contributed by atoms with Gasteiger partial charge in [0.2, 0.25) is 0 Å². The largest absolute Gasteiger partial charge is 0.389 e. The second-order valence-corrected chi connectivity index (χ2v) is 7.32. The highest BCUT2D eigenvalue weighted by Crippen LogP contribution is 2.29. The molecule has 1 fully saturated rings. The zero-order chi connectivity index (χ0) is 20.3. The van der Waals surface area contributed by atoms with E-state index in [0.717, 1.165) is 16.9 Å². The number of aromatic nitrogens is 3. The minimum absolute atomic E-state index is 0.0389. The van der Waals surface area contributed by atoms with Gasteiger partial charge in [0.15, 0.2) is 5.13 Å². The summed E-state index contributed by atoms with van der Waals surface area (Å²) in [5, 5.41) is 9.58. The van der Waals surface area contributed by atoms with Crippen molar-refractivity contribution < 1.29 is 22.8 Å². The summed E-state index contributed by atoms with van der Waals surface area (Å²) in [5.41, 5.74) is 1.31. The molecular weight excluding hydrogens is 397 g/mol. The number of aromatic amines is 1. The van der Waals surface area contributed by atoms with Gasteiger partial charge in [0.1, 0.15) is 4.88 Å². The summed E-state index contributed by atoms with van der Waals surface area (Å²) in [7, 11) is 0. The van der Waals surface area contributed by atoms with E-state index in [4.69, 9.17) is 0 Å². The van der Waals surface area contributed by atoms with E-state index in [9.17, 15) is 22.8 Å². The maximum atomic E-state index is 12.5. The number of urea groups is 1. The molecule has 2 N–H and O–H groups in total. The van der Waals surface area contributed by atoms with Crippen LogP contribution < -0.4 is 10.2 Å². The molecule has 1 saturated heterocycles. The summed E-state index contributed by atoms with van der Waals surface area (Å²) >= 11 is 1.09. The van der Waals surface area contributed by atoms with Crippen molar-refractivity contribution in [3.63, 3.8) is 0 Å². The molecule has 0 saturated carbocycles. The lowest BCUT2D eigenvalue weighted by atomic mass is 10.3. The number of hydrogen-bond acceptors (Lipinski definition) is 5. The second kappa shape index (κ2) is 8.17. The van der Waals surface area contributed by atoms with E-state index in [1.54, 1.807) is 19.3 Å². The van der Waals surface area contributed by atoms with Crippen molar-refractivity contribution in [3.8, 4) is 0 Å². The van der Waals surface area contributed by atoms with Crippen LogP contribution in [0.25, 0.3) is 0 Å². The Balaban J connectivity index is 1.59. The maximum Gasteiger partial charge on any atom is 0.389 e. The average molecular weight is 416 g/mol. The second-order valence-electron chi connectivity index (χ2n) is 6.34. The Kier molecular flexibility index (Phi) is 5.87. The van der Waals surface area contributed by atoms with Crippen molar-refractivity contribution in [2.45, 2.75) is 32.5 Å². The normalized spacial score (nSPS) is 14.8. The number of halogens is 3. The van der Waals surface area contributed by atoms with Gasteiger partial charge >= 0.3 is 12.2 Å². The topological polar surface area (TPSA) is 94.2 Å². The molecule has 1 aliphatic rings. The molecule has 152 valence electrons. The van der Waals surface area contributed by atoms with Gasteiger partial charge in [-0.15, -0.1) is 0 Å². The monoisotopic (exact) mass is 416 g/mol. The quantitative estimate of drug-likeness (QED) is 0.726. The number of carbonyl (C=O) groups excluding carboxylic acids is 2. The standard InChI is InChI=1S/C16H19F3N6O2S/c1-10-12(13(26)20-7-11-8-21-22-9-11)28-14(23-10)25-6-5-24(15(25)27)4-2-3-16(17,18)19/h8-9H,2-7H2,1H3,(H,20,26)(H,21,22). The lowest BCUT2D eigenvalue weighted by Gasteiger charge is -2.17. The van der Waals surface area contributed by atoms with E-state index < -0.39 is 12.6 Å². The molecule has 0 aliphatic carbocycles. The predicted octanol–water partition coefficient (Wildman–Crippen LogP) is 2.69. The molecule has 0 radical (unpaired) electrons. The molecule has 8 nitrogen and oxygen atoms in total. The van der Waals surface area contributed by atoms with Crippen LogP contribution in [0.1, 0.15) is 33.8 Å². The fourth-order valence-corrected chi connectivity index (χ4v) is 3.79. The van der Waals surface area contributed by atoms with Gasteiger partial charge in [-0.1, -0.05) is 11.3 Å². The number of alkyl halides is 3. The fourth-order valence-electron chi connectivity index (χ4n) is 2.78. The fraction of sp³-hybridized carbons (Fsp3) is 0.500. The number of H-pyrrole nitrogens is 1. The molecule has 0 atom stereocenters. The Morgan fingerprint density at radius 3 is 2.86 bits per heavy atom. The number of aryl methyl sites for hydroxylation is 1. The maximum absolute atomic E-state index is 12.5. The zero-order valence-electron chi connectivity index (χ0n) is 15.0. The smallest absolute Gasteiger partial charge is 0.347 e. The van der Waals surface area contributed by atoms with E-state index in [0.29, 0.717) is 35.3 Å². The van der Waals surface area contributed by atoms with Crippen LogP contribution in [0.4, 0.5) is 23.1 Å². The van der Waals surface area contributed by atoms with E-state index >= 15 is 0 Å². The molecule has 2 aromatic rings. The number of carbonyl (C=O) groups is 2. The molecule has 3 rings (SSSR count). The first-order chi connectivity index (χ1) is 13.2. The van der Waals surface area contributed by atoms with Gasteiger partial charge in [0.25, 0.3) is 5.91 Å². The van der Waals surface area contributed by atoms with Crippen LogP contribution in [0.5, 0.6) is 0 Å². The molecule has 12 heteroatoms. The van der Waals surface area contributed by atoms with Crippen LogP contribution in [-0.4, -0.2) is 57.8 Å². The minimum atomic E-state index is -4.23. The lowest BCUT2D eigenvalue weighted by Crippen LogP contribution is -2.32. The van der Waals surface area contributed by atoms with Gasteiger partial charge in [-0.3, -0.25) is 14.8 Å². The first-order valence-electron chi connectivity index (χ1n) is 8.61. The van der Waals surface area contributed by atoms with Crippen LogP contribution in [0.2, 0.25) is 0 Å². The van der Waals surface area contributed by atoms with Gasteiger partial charge in [-0.05, 0) is 13.3 Å². The highest BCUT2D eigenvalue weighted by molar-refractivity contribution is 7.17. The minimum Gasteiger partial charge on any atom is -0.347 e.